The van der Waals surface area contributed by atoms with Gasteiger partial charge in [-0.1, -0.05) is 25.5 Å². The van der Waals surface area contributed by atoms with E-state index in [1.165, 1.54) is 17.0 Å². The fourth-order valence-electron chi connectivity index (χ4n) is 3.60. The number of aryl methyl sites for hydroxylation is 1. The lowest BCUT2D eigenvalue weighted by Crippen LogP contribution is -2.30. The number of carbonyl (C=O) groups is 2. The number of ketones is 1. The Hall–Kier alpha value is -3.15. The molecular weight excluding hydrogens is 373 g/mol. The second-order valence-corrected chi connectivity index (χ2v) is 7.08. The van der Waals surface area contributed by atoms with Gasteiger partial charge in [0, 0.05) is 12.1 Å². The van der Waals surface area contributed by atoms with Gasteiger partial charge in [0.05, 0.1) is 18.7 Å². The maximum atomic E-state index is 13.5. The molecule has 1 saturated heterocycles. The molecular formula is C23H24FNO4. The van der Waals surface area contributed by atoms with Gasteiger partial charge in [-0.15, -0.1) is 0 Å². The second kappa shape index (κ2) is 8.47. The van der Waals surface area contributed by atoms with Crippen LogP contribution in [0.4, 0.5) is 4.39 Å². The monoisotopic (exact) mass is 397 g/mol. The lowest BCUT2D eigenvalue weighted by Gasteiger charge is -2.25. The number of methoxy groups -OCH3 is 1. The highest BCUT2D eigenvalue weighted by molar-refractivity contribution is 6.46. The maximum Gasteiger partial charge on any atom is 0.295 e. The van der Waals surface area contributed by atoms with E-state index in [4.69, 9.17) is 4.74 Å². The number of unbranched alkanes of at least 4 members (excludes halogenated alkanes) is 1. The zero-order chi connectivity index (χ0) is 21.1. The molecule has 5 nitrogen and oxygen atoms in total. The van der Waals surface area contributed by atoms with Gasteiger partial charge in [0.15, 0.2) is 0 Å². The van der Waals surface area contributed by atoms with Crippen molar-refractivity contribution >= 4 is 17.4 Å². The summed E-state index contributed by atoms with van der Waals surface area (Å²) >= 11 is 0. The first-order chi connectivity index (χ1) is 13.9. The van der Waals surface area contributed by atoms with Gasteiger partial charge in [0.25, 0.3) is 11.7 Å². The molecule has 29 heavy (non-hydrogen) atoms. The largest absolute Gasteiger partial charge is 0.507 e. The molecule has 152 valence electrons. The van der Waals surface area contributed by atoms with Crippen LogP contribution < -0.4 is 4.74 Å². The van der Waals surface area contributed by atoms with Crippen LogP contribution in [-0.4, -0.2) is 35.4 Å². The Morgan fingerprint density at radius 2 is 1.86 bits per heavy atom. The first-order valence-electron chi connectivity index (χ1n) is 9.58. The third kappa shape index (κ3) is 3.88. The fraction of sp³-hybridized carbons (Fsp3) is 0.304. The van der Waals surface area contributed by atoms with Crippen molar-refractivity contribution in [2.24, 2.45) is 0 Å². The van der Waals surface area contributed by atoms with Crippen molar-refractivity contribution in [3.63, 3.8) is 0 Å². The van der Waals surface area contributed by atoms with Crippen molar-refractivity contribution in [1.82, 2.24) is 4.90 Å². The molecule has 0 bridgehead atoms. The third-order valence-corrected chi connectivity index (χ3v) is 5.17. The van der Waals surface area contributed by atoms with Gasteiger partial charge < -0.3 is 14.7 Å². The molecule has 1 unspecified atom stereocenters. The molecule has 1 aliphatic heterocycles. The van der Waals surface area contributed by atoms with Crippen LogP contribution >= 0.6 is 0 Å². The average Bonchev–Trinajstić information content (AvgIpc) is 2.96. The Labute approximate surface area is 169 Å². The summed E-state index contributed by atoms with van der Waals surface area (Å²) in [4.78, 5) is 27.1. The van der Waals surface area contributed by atoms with E-state index in [2.05, 4.69) is 0 Å². The Morgan fingerprint density at radius 3 is 2.45 bits per heavy atom. The van der Waals surface area contributed by atoms with Crippen LogP contribution in [0.2, 0.25) is 0 Å². The lowest BCUT2D eigenvalue weighted by molar-refractivity contribution is -0.139. The quantitative estimate of drug-likeness (QED) is 0.447. The molecule has 1 amide bonds. The smallest absolute Gasteiger partial charge is 0.295 e. The maximum absolute atomic E-state index is 13.5. The van der Waals surface area contributed by atoms with Crippen LogP contribution in [-0.2, 0) is 9.59 Å². The first-order valence-corrected chi connectivity index (χ1v) is 9.58. The van der Waals surface area contributed by atoms with E-state index in [0.717, 1.165) is 6.42 Å². The van der Waals surface area contributed by atoms with Crippen molar-refractivity contribution in [3.05, 3.63) is 70.5 Å². The van der Waals surface area contributed by atoms with Crippen molar-refractivity contribution in [2.45, 2.75) is 32.7 Å². The summed E-state index contributed by atoms with van der Waals surface area (Å²) in [6.07, 6.45) is 1.56. The number of Topliss-reactive ketones (excluding diaryl/α,β-unsaturated/α-hetero) is 1. The number of aliphatic hydroxyl groups is 1. The summed E-state index contributed by atoms with van der Waals surface area (Å²) in [5.74, 6) is -1.41. The molecule has 1 aliphatic rings. The fourth-order valence-corrected chi connectivity index (χ4v) is 3.60. The van der Waals surface area contributed by atoms with Crippen LogP contribution in [0.1, 0.15) is 42.5 Å². The topological polar surface area (TPSA) is 66.8 Å². The zero-order valence-corrected chi connectivity index (χ0v) is 16.7. The number of rotatable bonds is 6. The zero-order valence-electron chi connectivity index (χ0n) is 16.7. The van der Waals surface area contributed by atoms with Crippen LogP contribution in [0.3, 0.4) is 0 Å². The Morgan fingerprint density at radius 1 is 1.17 bits per heavy atom. The SMILES string of the molecule is CCCCN1C(=O)C(=O)/C(=C(\O)c2ccc(OC)cc2C)C1c1ccc(F)cc1. The standard InChI is InChI=1S/C23H24FNO4/c1-4-5-12-25-20(15-6-8-16(24)9-7-15)19(22(27)23(25)28)21(26)18-11-10-17(29-3)13-14(18)2/h6-11,13,20,26H,4-5,12H2,1-3H3/b21-19-. The normalized spacial score (nSPS) is 18.3. The van der Waals surface area contributed by atoms with E-state index in [1.807, 2.05) is 6.92 Å². The second-order valence-electron chi connectivity index (χ2n) is 7.08. The average molecular weight is 397 g/mol. The van der Waals surface area contributed by atoms with Gasteiger partial charge >= 0.3 is 0 Å². The van der Waals surface area contributed by atoms with Crippen molar-refractivity contribution in [1.29, 1.82) is 0 Å². The molecule has 0 aliphatic carbocycles. The molecule has 3 rings (SSSR count). The first kappa shape index (κ1) is 20.6. The number of nitrogens with zero attached hydrogens (tertiary/aromatic N) is 1. The van der Waals surface area contributed by atoms with Crippen molar-refractivity contribution < 1.29 is 23.8 Å². The third-order valence-electron chi connectivity index (χ3n) is 5.17. The summed E-state index contributed by atoms with van der Waals surface area (Å²) in [7, 11) is 1.54. The summed E-state index contributed by atoms with van der Waals surface area (Å²) in [5, 5.41) is 11.0. The predicted molar refractivity (Wildman–Crippen MR) is 108 cm³/mol. The van der Waals surface area contributed by atoms with Gasteiger partial charge in [0.1, 0.15) is 17.3 Å². The number of benzene rings is 2. The van der Waals surface area contributed by atoms with E-state index in [0.29, 0.717) is 35.4 Å². The molecule has 1 N–H and O–H groups in total. The predicted octanol–water partition coefficient (Wildman–Crippen LogP) is 4.36. The molecule has 6 heteroatoms. The van der Waals surface area contributed by atoms with Crippen molar-refractivity contribution in [3.8, 4) is 5.75 Å². The van der Waals surface area contributed by atoms with Crippen LogP contribution in [0.5, 0.6) is 5.75 Å². The summed E-state index contributed by atoms with van der Waals surface area (Å²) in [6, 6.07) is 9.98. The van der Waals surface area contributed by atoms with Crippen molar-refractivity contribution in [2.75, 3.05) is 13.7 Å². The minimum atomic E-state index is -0.761. The van der Waals surface area contributed by atoms with Crippen LogP contribution in [0.15, 0.2) is 48.0 Å². The molecule has 2 aromatic rings. The van der Waals surface area contributed by atoms with E-state index < -0.39 is 23.5 Å². The molecule has 2 aromatic carbocycles. The Balaban J connectivity index is 2.17. The molecule has 0 radical (unpaired) electrons. The molecule has 1 heterocycles. The van der Waals surface area contributed by atoms with Gasteiger partial charge in [-0.25, -0.2) is 4.39 Å². The van der Waals surface area contributed by atoms with E-state index in [9.17, 15) is 19.1 Å². The molecule has 0 saturated carbocycles. The van der Waals surface area contributed by atoms with Gasteiger partial charge in [-0.05, 0) is 54.8 Å². The highest BCUT2D eigenvalue weighted by atomic mass is 19.1. The van der Waals surface area contributed by atoms with Crippen LogP contribution in [0.25, 0.3) is 5.76 Å². The molecule has 1 fully saturated rings. The number of hydrogen-bond donors (Lipinski definition) is 1. The number of ether oxygens (including phenoxy) is 1. The number of halogens is 1. The summed E-state index contributed by atoms with van der Waals surface area (Å²) < 4.78 is 18.6. The number of amides is 1. The van der Waals surface area contributed by atoms with Gasteiger partial charge in [0.2, 0.25) is 0 Å². The molecule has 0 aromatic heterocycles. The summed E-state index contributed by atoms with van der Waals surface area (Å²) in [5.41, 5.74) is 1.76. The van der Waals surface area contributed by atoms with Gasteiger partial charge in [-0.2, -0.15) is 0 Å². The molecule has 0 spiro atoms. The lowest BCUT2D eigenvalue weighted by atomic mass is 9.94. The van der Waals surface area contributed by atoms with E-state index in [1.54, 1.807) is 44.4 Å². The van der Waals surface area contributed by atoms with Gasteiger partial charge in [-0.3, -0.25) is 9.59 Å². The molecule has 1 atom stereocenters. The van der Waals surface area contributed by atoms with Crippen LogP contribution in [0, 0.1) is 12.7 Å². The minimum Gasteiger partial charge on any atom is -0.507 e. The Bertz CT molecular complexity index is 965. The Kier molecular flexibility index (Phi) is 6.01. The minimum absolute atomic E-state index is 0.0194. The number of carbonyl (C=O) groups excluding carboxylic acids is 2. The number of aliphatic hydroxyl groups excluding tert-OH is 1. The number of likely N-dealkylation sites (tertiary alicyclic amines) is 1. The highest BCUT2D eigenvalue weighted by Crippen LogP contribution is 2.40. The van der Waals surface area contributed by atoms with E-state index in [-0.39, 0.29) is 11.3 Å². The summed E-state index contributed by atoms with van der Waals surface area (Å²) in [6.45, 7) is 4.16. The highest BCUT2D eigenvalue weighted by Gasteiger charge is 2.45. The van der Waals surface area contributed by atoms with E-state index >= 15 is 0 Å². The number of hydrogen-bond acceptors (Lipinski definition) is 4.